The Morgan fingerprint density at radius 1 is 1.42 bits per heavy atom. The van der Waals surface area contributed by atoms with Crippen LogP contribution in [0.25, 0.3) is 0 Å². The van der Waals surface area contributed by atoms with E-state index in [9.17, 15) is 4.79 Å². The number of nitrogen functional groups attached to an aromatic ring is 1. The number of pyridine rings is 1. The summed E-state index contributed by atoms with van der Waals surface area (Å²) in [7, 11) is 0. The van der Waals surface area contributed by atoms with Gasteiger partial charge in [-0.25, -0.2) is 9.78 Å². The molecule has 0 aliphatic rings. The number of carbonyl (C=O) groups excluding carboxylic acids is 1. The van der Waals surface area contributed by atoms with Crippen molar-refractivity contribution in [3.63, 3.8) is 0 Å². The molecule has 1 aromatic rings. The molecule has 0 saturated carbocycles. The highest BCUT2D eigenvalue weighted by atomic mass is 16.5. The number of aromatic nitrogens is 1. The van der Waals surface area contributed by atoms with Crippen molar-refractivity contribution in [3.8, 4) is 5.88 Å². The molecule has 6 nitrogen and oxygen atoms in total. The lowest BCUT2D eigenvalue weighted by Gasteiger charge is -2.11. The lowest BCUT2D eigenvalue weighted by molar-refractivity contribution is 0.0522. The Morgan fingerprint density at radius 2 is 2.16 bits per heavy atom. The van der Waals surface area contributed by atoms with Gasteiger partial charge in [0.1, 0.15) is 12.3 Å². The van der Waals surface area contributed by atoms with Gasteiger partial charge in [-0.1, -0.05) is 0 Å². The van der Waals surface area contributed by atoms with Gasteiger partial charge in [-0.05, 0) is 26.8 Å². The first-order chi connectivity index (χ1) is 9.06. The summed E-state index contributed by atoms with van der Waals surface area (Å²) < 4.78 is 15.6. The molecule has 0 radical (unpaired) electrons. The molecule has 0 saturated heterocycles. The van der Waals surface area contributed by atoms with Gasteiger partial charge in [-0.3, -0.25) is 0 Å². The van der Waals surface area contributed by atoms with Crippen LogP contribution in [0.4, 0.5) is 5.69 Å². The Kier molecular flexibility index (Phi) is 6.08. The molecule has 0 spiro atoms. The number of nitrogens with two attached hydrogens (primary N) is 1. The van der Waals surface area contributed by atoms with Gasteiger partial charge < -0.3 is 19.9 Å². The lowest BCUT2D eigenvalue weighted by Crippen LogP contribution is -2.14. The summed E-state index contributed by atoms with van der Waals surface area (Å²) in [6, 6.07) is 1.50. The summed E-state index contributed by atoms with van der Waals surface area (Å²) >= 11 is 0. The molecule has 2 N–H and O–H groups in total. The molecule has 0 bridgehead atoms. The normalized spacial score (nSPS) is 10.5. The predicted molar refractivity (Wildman–Crippen MR) is 71.2 cm³/mol. The van der Waals surface area contributed by atoms with Gasteiger partial charge in [-0.15, -0.1) is 0 Å². The molecule has 1 aromatic heterocycles. The zero-order valence-electron chi connectivity index (χ0n) is 11.5. The van der Waals surface area contributed by atoms with Gasteiger partial charge in [0.05, 0.1) is 24.9 Å². The van der Waals surface area contributed by atoms with Crippen molar-refractivity contribution >= 4 is 11.7 Å². The second kappa shape index (κ2) is 7.58. The van der Waals surface area contributed by atoms with Crippen LogP contribution >= 0.6 is 0 Å². The number of nitrogens with zero attached hydrogens (tertiary/aromatic N) is 1. The molecule has 106 valence electrons. The second-order valence-electron chi connectivity index (χ2n) is 4.07. The largest absolute Gasteiger partial charge is 0.474 e. The number of esters is 1. The number of anilines is 1. The van der Waals surface area contributed by atoms with Crippen molar-refractivity contribution < 1.29 is 19.0 Å². The van der Waals surface area contributed by atoms with E-state index >= 15 is 0 Å². The highest BCUT2D eigenvalue weighted by molar-refractivity contribution is 5.96. The van der Waals surface area contributed by atoms with E-state index in [0.717, 1.165) is 0 Å². The van der Waals surface area contributed by atoms with Gasteiger partial charge in [0.2, 0.25) is 5.88 Å². The Bertz CT molecular complexity index is 421. The molecule has 0 atom stereocenters. The summed E-state index contributed by atoms with van der Waals surface area (Å²) in [4.78, 5) is 15.6. The minimum absolute atomic E-state index is 0.139. The number of ether oxygens (including phenoxy) is 3. The van der Waals surface area contributed by atoms with E-state index in [2.05, 4.69) is 4.98 Å². The van der Waals surface area contributed by atoms with E-state index in [-0.39, 0.29) is 23.2 Å². The van der Waals surface area contributed by atoms with Crippen LogP contribution in [-0.4, -0.2) is 36.9 Å². The third-order valence-electron chi connectivity index (χ3n) is 2.22. The molecular formula is C13H20N2O4. The fourth-order valence-corrected chi connectivity index (χ4v) is 1.38. The Labute approximate surface area is 112 Å². The van der Waals surface area contributed by atoms with Gasteiger partial charge >= 0.3 is 5.97 Å². The Morgan fingerprint density at radius 3 is 2.79 bits per heavy atom. The zero-order valence-corrected chi connectivity index (χ0v) is 11.5. The van der Waals surface area contributed by atoms with Gasteiger partial charge in [0.25, 0.3) is 0 Å². The maximum Gasteiger partial charge on any atom is 0.340 e. The van der Waals surface area contributed by atoms with E-state index in [1.165, 1.54) is 12.3 Å². The smallest absolute Gasteiger partial charge is 0.340 e. The third-order valence-corrected chi connectivity index (χ3v) is 2.22. The second-order valence-corrected chi connectivity index (χ2v) is 4.07. The van der Waals surface area contributed by atoms with Crippen molar-refractivity contribution in [1.82, 2.24) is 4.98 Å². The van der Waals surface area contributed by atoms with Crippen LogP contribution in [0.2, 0.25) is 0 Å². The average Bonchev–Trinajstić information content (AvgIpc) is 2.36. The van der Waals surface area contributed by atoms with Gasteiger partial charge in [-0.2, -0.15) is 0 Å². The average molecular weight is 268 g/mol. The van der Waals surface area contributed by atoms with E-state index in [0.29, 0.717) is 19.8 Å². The zero-order chi connectivity index (χ0) is 14.3. The number of carbonyl (C=O) groups is 1. The molecule has 0 aliphatic carbocycles. The van der Waals surface area contributed by atoms with Crippen molar-refractivity contribution in [2.45, 2.75) is 26.9 Å². The van der Waals surface area contributed by atoms with E-state index < -0.39 is 5.97 Å². The van der Waals surface area contributed by atoms with Crippen LogP contribution < -0.4 is 10.5 Å². The number of rotatable bonds is 7. The third kappa shape index (κ3) is 4.75. The lowest BCUT2D eigenvalue weighted by atomic mass is 10.2. The highest BCUT2D eigenvalue weighted by Crippen LogP contribution is 2.22. The molecule has 0 aliphatic heterocycles. The maximum absolute atomic E-state index is 11.6. The van der Waals surface area contributed by atoms with Crippen LogP contribution in [0.5, 0.6) is 5.88 Å². The van der Waals surface area contributed by atoms with Crippen LogP contribution in [0.3, 0.4) is 0 Å². The summed E-state index contributed by atoms with van der Waals surface area (Å²) in [6.45, 7) is 6.65. The molecule has 0 unspecified atom stereocenters. The first kappa shape index (κ1) is 15.2. The molecule has 1 rings (SSSR count). The SMILES string of the molecule is CCOC(=O)c1ccnc(OCCOC(C)C)c1N. The van der Waals surface area contributed by atoms with E-state index in [1.807, 2.05) is 13.8 Å². The standard InChI is InChI=1S/C13H20N2O4/c1-4-17-13(16)10-5-6-15-12(11(10)14)19-8-7-18-9(2)3/h5-6,9H,4,7-8,14H2,1-3H3. The summed E-state index contributed by atoms with van der Waals surface area (Å²) in [5.74, 6) is -0.261. The fraction of sp³-hybridized carbons (Fsp3) is 0.538. The molecule has 19 heavy (non-hydrogen) atoms. The first-order valence-electron chi connectivity index (χ1n) is 6.22. The van der Waals surface area contributed by atoms with Crippen LogP contribution in [0, 0.1) is 0 Å². The topological polar surface area (TPSA) is 83.7 Å². The number of hydrogen-bond donors (Lipinski definition) is 1. The van der Waals surface area contributed by atoms with E-state index in [1.54, 1.807) is 6.92 Å². The van der Waals surface area contributed by atoms with Crippen molar-refractivity contribution in [2.75, 3.05) is 25.6 Å². The predicted octanol–water partition coefficient (Wildman–Crippen LogP) is 1.64. The fourth-order valence-electron chi connectivity index (χ4n) is 1.38. The Hall–Kier alpha value is -1.82. The summed E-state index contributed by atoms with van der Waals surface area (Å²) in [5, 5.41) is 0. The van der Waals surface area contributed by atoms with Crippen LogP contribution in [0.15, 0.2) is 12.3 Å². The van der Waals surface area contributed by atoms with Gasteiger partial charge in [0.15, 0.2) is 0 Å². The highest BCUT2D eigenvalue weighted by Gasteiger charge is 2.15. The van der Waals surface area contributed by atoms with Crippen LogP contribution in [0.1, 0.15) is 31.1 Å². The van der Waals surface area contributed by atoms with Crippen molar-refractivity contribution in [2.24, 2.45) is 0 Å². The van der Waals surface area contributed by atoms with Crippen molar-refractivity contribution in [3.05, 3.63) is 17.8 Å². The molecule has 0 aromatic carbocycles. The van der Waals surface area contributed by atoms with Gasteiger partial charge in [0, 0.05) is 6.20 Å². The molecule has 0 amide bonds. The minimum Gasteiger partial charge on any atom is -0.474 e. The van der Waals surface area contributed by atoms with E-state index in [4.69, 9.17) is 19.9 Å². The van der Waals surface area contributed by atoms with Crippen molar-refractivity contribution in [1.29, 1.82) is 0 Å². The first-order valence-corrected chi connectivity index (χ1v) is 6.22. The summed E-state index contributed by atoms with van der Waals surface area (Å²) in [5.41, 5.74) is 6.27. The minimum atomic E-state index is -0.481. The molecule has 1 heterocycles. The maximum atomic E-state index is 11.6. The molecular weight excluding hydrogens is 248 g/mol. The monoisotopic (exact) mass is 268 g/mol. The number of hydrogen-bond acceptors (Lipinski definition) is 6. The quantitative estimate of drug-likeness (QED) is 0.598. The van der Waals surface area contributed by atoms with Crippen LogP contribution in [-0.2, 0) is 9.47 Å². The molecule has 0 fully saturated rings. The summed E-state index contributed by atoms with van der Waals surface area (Å²) in [6.07, 6.45) is 1.60. The molecule has 6 heteroatoms. The Balaban J connectivity index is 2.64.